The topological polar surface area (TPSA) is 32.3 Å². The van der Waals surface area contributed by atoms with Crippen molar-refractivity contribution in [3.63, 3.8) is 0 Å². The molecule has 1 atom stereocenters. The van der Waals surface area contributed by atoms with Gasteiger partial charge in [-0.1, -0.05) is 13.8 Å². The molecule has 0 aromatic heterocycles. The summed E-state index contributed by atoms with van der Waals surface area (Å²) < 4.78 is 25.6. The summed E-state index contributed by atoms with van der Waals surface area (Å²) in [5, 5.41) is 11.3. The van der Waals surface area contributed by atoms with Crippen LogP contribution in [0.15, 0.2) is 0 Å². The third-order valence-corrected chi connectivity index (χ3v) is 4.12. The number of nitrogens with one attached hydrogen (secondary N) is 1. The lowest BCUT2D eigenvalue weighted by atomic mass is 9.88. The maximum Gasteiger partial charge on any atom is 0.282 e. The van der Waals surface area contributed by atoms with E-state index in [1.54, 1.807) is 11.8 Å². The first-order valence-electron chi connectivity index (χ1n) is 5.14. The minimum absolute atomic E-state index is 0.135. The Morgan fingerprint density at radius 2 is 2.20 bits per heavy atom. The highest BCUT2D eigenvalue weighted by Crippen LogP contribution is 2.33. The third-order valence-electron chi connectivity index (χ3n) is 2.49. The SMILES string of the molecule is CC1(C)CSCC(NCC(F)(F)CO)C1. The van der Waals surface area contributed by atoms with Gasteiger partial charge in [-0.25, -0.2) is 8.78 Å². The zero-order valence-corrected chi connectivity index (χ0v) is 10.0. The molecule has 0 aliphatic carbocycles. The van der Waals surface area contributed by atoms with E-state index in [1.807, 2.05) is 0 Å². The quantitative estimate of drug-likeness (QED) is 0.783. The molecule has 2 N–H and O–H groups in total. The molecule has 1 aliphatic heterocycles. The van der Waals surface area contributed by atoms with Crippen LogP contribution in [-0.4, -0.2) is 41.7 Å². The Bertz CT molecular complexity index is 212. The molecule has 0 bridgehead atoms. The fourth-order valence-electron chi connectivity index (χ4n) is 1.74. The van der Waals surface area contributed by atoms with E-state index in [0.29, 0.717) is 0 Å². The van der Waals surface area contributed by atoms with Crippen LogP contribution in [0.2, 0.25) is 0 Å². The van der Waals surface area contributed by atoms with Crippen molar-refractivity contribution in [2.75, 3.05) is 24.7 Å². The molecule has 0 aromatic rings. The van der Waals surface area contributed by atoms with E-state index in [1.165, 1.54) is 0 Å². The lowest BCUT2D eigenvalue weighted by molar-refractivity contribution is -0.0495. The third kappa shape index (κ3) is 4.66. The van der Waals surface area contributed by atoms with Gasteiger partial charge < -0.3 is 10.4 Å². The first-order valence-corrected chi connectivity index (χ1v) is 6.30. The highest BCUT2D eigenvalue weighted by molar-refractivity contribution is 7.99. The number of alkyl halides is 2. The summed E-state index contributed by atoms with van der Waals surface area (Å²) in [6, 6.07) is 0.135. The maximum atomic E-state index is 12.8. The molecule has 2 nitrogen and oxygen atoms in total. The average Bonchev–Trinajstić information content (AvgIpc) is 2.14. The van der Waals surface area contributed by atoms with Crippen LogP contribution in [0.3, 0.4) is 0 Å². The Morgan fingerprint density at radius 3 is 2.73 bits per heavy atom. The van der Waals surface area contributed by atoms with Crippen molar-refractivity contribution >= 4 is 11.8 Å². The maximum absolute atomic E-state index is 12.8. The van der Waals surface area contributed by atoms with Crippen molar-refractivity contribution in [3.8, 4) is 0 Å². The summed E-state index contributed by atoms with van der Waals surface area (Å²) in [7, 11) is 0. The van der Waals surface area contributed by atoms with Gasteiger partial charge in [0.1, 0.15) is 6.61 Å². The van der Waals surface area contributed by atoms with Crippen LogP contribution in [0.25, 0.3) is 0 Å². The lowest BCUT2D eigenvalue weighted by Crippen LogP contribution is -2.46. The second kappa shape index (κ2) is 4.97. The number of aliphatic hydroxyl groups is 1. The summed E-state index contributed by atoms with van der Waals surface area (Å²) in [6.45, 7) is 2.80. The molecule has 0 aromatic carbocycles. The monoisotopic (exact) mass is 239 g/mol. The Balaban J connectivity index is 2.33. The van der Waals surface area contributed by atoms with E-state index in [4.69, 9.17) is 5.11 Å². The number of hydrogen-bond donors (Lipinski definition) is 2. The van der Waals surface area contributed by atoms with E-state index in [2.05, 4.69) is 19.2 Å². The van der Waals surface area contributed by atoms with Gasteiger partial charge in [0.05, 0.1) is 6.54 Å². The smallest absolute Gasteiger partial charge is 0.282 e. The molecule has 0 spiro atoms. The molecule has 5 heteroatoms. The largest absolute Gasteiger partial charge is 0.390 e. The van der Waals surface area contributed by atoms with Gasteiger partial charge in [-0.2, -0.15) is 11.8 Å². The van der Waals surface area contributed by atoms with E-state index in [9.17, 15) is 8.78 Å². The van der Waals surface area contributed by atoms with Crippen LogP contribution in [0.5, 0.6) is 0 Å². The van der Waals surface area contributed by atoms with E-state index >= 15 is 0 Å². The van der Waals surface area contributed by atoms with Crippen LogP contribution in [-0.2, 0) is 0 Å². The standard InChI is InChI=1S/C10H19F2NOS/c1-9(2)3-8(4-15-7-9)13-5-10(11,12)6-14/h8,13-14H,3-7H2,1-2H3. The molecule has 15 heavy (non-hydrogen) atoms. The Morgan fingerprint density at radius 1 is 1.53 bits per heavy atom. The summed E-state index contributed by atoms with van der Waals surface area (Å²) in [6.07, 6.45) is 0.918. The average molecular weight is 239 g/mol. The molecular weight excluding hydrogens is 220 g/mol. The molecule has 1 aliphatic rings. The number of aliphatic hydroxyl groups excluding tert-OH is 1. The van der Waals surface area contributed by atoms with Crippen LogP contribution in [0, 0.1) is 5.41 Å². The van der Waals surface area contributed by atoms with Crippen molar-refractivity contribution in [3.05, 3.63) is 0 Å². The van der Waals surface area contributed by atoms with Crippen molar-refractivity contribution in [2.45, 2.75) is 32.2 Å². The number of halogens is 2. The molecule has 1 saturated heterocycles. The lowest BCUT2D eigenvalue weighted by Gasteiger charge is -2.35. The van der Waals surface area contributed by atoms with Crippen molar-refractivity contribution in [2.24, 2.45) is 5.41 Å². The highest BCUT2D eigenvalue weighted by Gasteiger charge is 2.32. The summed E-state index contributed by atoms with van der Waals surface area (Å²) in [5.74, 6) is -1.03. The molecule has 1 rings (SSSR count). The van der Waals surface area contributed by atoms with Crippen LogP contribution < -0.4 is 5.32 Å². The molecular formula is C10H19F2NOS. The molecule has 0 saturated carbocycles. The van der Waals surface area contributed by atoms with Gasteiger partial charge in [0.2, 0.25) is 0 Å². The summed E-state index contributed by atoms with van der Waals surface area (Å²) in [4.78, 5) is 0. The molecule has 90 valence electrons. The Kier molecular flexibility index (Phi) is 4.38. The van der Waals surface area contributed by atoms with Crippen molar-refractivity contribution in [1.29, 1.82) is 0 Å². The number of rotatable bonds is 4. The number of hydrogen-bond acceptors (Lipinski definition) is 3. The van der Waals surface area contributed by atoms with Gasteiger partial charge in [0.15, 0.2) is 0 Å². The van der Waals surface area contributed by atoms with E-state index in [-0.39, 0.29) is 11.5 Å². The predicted octanol–water partition coefficient (Wildman–Crippen LogP) is 1.74. The normalized spacial score (nSPS) is 26.6. The Labute approximate surface area is 93.8 Å². The highest BCUT2D eigenvalue weighted by atomic mass is 32.2. The second-order valence-corrected chi connectivity index (χ2v) is 6.01. The zero-order chi connectivity index (χ0) is 11.5. The van der Waals surface area contributed by atoms with Crippen LogP contribution in [0.1, 0.15) is 20.3 Å². The molecule has 1 unspecified atom stereocenters. The molecule has 0 radical (unpaired) electrons. The summed E-state index contributed by atoms with van der Waals surface area (Å²) >= 11 is 1.80. The Hall–Kier alpha value is 0.130. The molecule has 1 heterocycles. The fraction of sp³-hybridized carbons (Fsp3) is 1.00. The predicted molar refractivity (Wildman–Crippen MR) is 59.5 cm³/mol. The van der Waals surface area contributed by atoms with Gasteiger partial charge in [-0.3, -0.25) is 0 Å². The van der Waals surface area contributed by atoms with Gasteiger partial charge in [-0.05, 0) is 17.6 Å². The minimum atomic E-state index is -2.99. The van der Waals surface area contributed by atoms with Gasteiger partial charge in [0.25, 0.3) is 5.92 Å². The van der Waals surface area contributed by atoms with Gasteiger partial charge in [0, 0.05) is 11.8 Å². The van der Waals surface area contributed by atoms with E-state index in [0.717, 1.165) is 17.9 Å². The summed E-state index contributed by atoms with van der Waals surface area (Å²) in [5.41, 5.74) is 0.217. The van der Waals surface area contributed by atoms with Gasteiger partial charge in [-0.15, -0.1) is 0 Å². The van der Waals surface area contributed by atoms with Crippen molar-refractivity contribution in [1.82, 2.24) is 5.32 Å². The van der Waals surface area contributed by atoms with E-state index < -0.39 is 19.1 Å². The minimum Gasteiger partial charge on any atom is -0.390 e. The van der Waals surface area contributed by atoms with Gasteiger partial charge >= 0.3 is 0 Å². The first-order chi connectivity index (χ1) is 6.85. The molecule has 0 amide bonds. The van der Waals surface area contributed by atoms with Crippen LogP contribution in [0.4, 0.5) is 8.78 Å². The van der Waals surface area contributed by atoms with Crippen molar-refractivity contribution < 1.29 is 13.9 Å². The first kappa shape index (κ1) is 13.2. The fourth-order valence-corrected chi connectivity index (χ4v) is 3.05. The number of thioether (sulfide) groups is 1. The van der Waals surface area contributed by atoms with Crippen LogP contribution >= 0.6 is 11.8 Å². The zero-order valence-electron chi connectivity index (χ0n) is 9.22. The molecule has 1 fully saturated rings. The second-order valence-electron chi connectivity index (χ2n) is 4.98.